The third-order valence-electron chi connectivity index (χ3n) is 7.33. The van der Waals surface area contributed by atoms with E-state index in [2.05, 4.69) is 58.2 Å². The summed E-state index contributed by atoms with van der Waals surface area (Å²) in [6, 6.07) is 12.6. The van der Waals surface area contributed by atoms with Crippen molar-refractivity contribution < 1.29 is 14.3 Å². The summed E-state index contributed by atoms with van der Waals surface area (Å²) < 4.78 is 11.7. The molecule has 3 heterocycles. The molecule has 2 atom stereocenters. The van der Waals surface area contributed by atoms with E-state index in [1.165, 1.54) is 0 Å². The Morgan fingerprint density at radius 3 is 2.89 bits per heavy atom. The number of H-pyrrole nitrogens is 1. The number of allylic oxidation sites excluding steroid dienone is 2. The van der Waals surface area contributed by atoms with Crippen LogP contribution in [-0.4, -0.2) is 58.5 Å². The van der Waals surface area contributed by atoms with Gasteiger partial charge in [-0.15, -0.1) is 0 Å². The van der Waals surface area contributed by atoms with Crippen LogP contribution in [0.4, 0.5) is 0 Å². The number of aryl methyl sites for hydroxylation is 1. The Bertz CT molecular complexity index is 1430. The Balaban J connectivity index is 1.29. The molecule has 3 aliphatic rings. The van der Waals surface area contributed by atoms with E-state index >= 15 is 0 Å². The van der Waals surface area contributed by atoms with E-state index < -0.39 is 0 Å². The molecule has 1 amide bonds. The molecule has 3 aromatic rings. The molecule has 7 heteroatoms. The molecule has 0 saturated carbocycles. The minimum atomic E-state index is 0.0336. The minimum absolute atomic E-state index is 0.0336. The van der Waals surface area contributed by atoms with Crippen LogP contribution in [0.3, 0.4) is 0 Å². The normalized spacial score (nSPS) is 20.9. The van der Waals surface area contributed by atoms with E-state index in [4.69, 9.17) is 9.47 Å². The summed E-state index contributed by atoms with van der Waals surface area (Å²) in [6.07, 6.45) is 8.22. The number of nitrogens with one attached hydrogen (secondary N) is 1. The molecule has 36 heavy (non-hydrogen) atoms. The molecular weight excluding hydrogens is 452 g/mol. The maximum Gasteiger partial charge on any atom is 0.270 e. The number of carbonyl (C=O) groups excluding carboxylic acids is 1. The Labute approximate surface area is 210 Å². The first-order valence-corrected chi connectivity index (χ1v) is 12.5. The topological polar surface area (TPSA) is 70.7 Å². The summed E-state index contributed by atoms with van der Waals surface area (Å²) in [5, 5.41) is 0. The van der Waals surface area contributed by atoms with E-state index in [0.717, 1.165) is 57.3 Å². The maximum atomic E-state index is 13.8. The standard InChI is InChI=1S/C29H30N4O3/c1-4-33-25-6-5-7-28(35-3)22(25)16-26(33)29(34)32-12-13-36-27-11-9-19(14-21(27)17-32)20-8-10-23-24(15-20)31-18(2)30-23/h5-11,14-16,22,25H,4,12-13,17H2,1-3H3,(H,30,31). The van der Waals surface area contributed by atoms with E-state index in [1.54, 1.807) is 7.11 Å². The Hall–Kier alpha value is -4.00. The summed E-state index contributed by atoms with van der Waals surface area (Å²) in [5.74, 6) is 2.72. The first-order chi connectivity index (χ1) is 17.6. The zero-order valence-corrected chi connectivity index (χ0v) is 20.8. The van der Waals surface area contributed by atoms with Crippen LogP contribution in [-0.2, 0) is 16.1 Å². The monoisotopic (exact) mass is 482 g/mol. The lowest BCUT2D eigenvalue weighted by Crippen LogP contribution is -2.41. The van der Waals surface area contributed by atoms with E-state index in [-0.39, 0.29) is 17.9 Å². The number of carbonyl (C=O) groups is 1. The van der Waals surface area contributed by atoms with E-state index in [9.17, 15) is 4.79 Å². The second-order valence-corrected chi connectivity index (χ2v) is 9.46. The van der Waals surface area contributed by atoms with Gasteiger partial charge in [-0.2, -0.15) is 0 Å². The Morgan fingerprint density at radius 1 is 1.22 bits per heavy atom. The third kappa shape index (κ3) is 3.75. The van der Waals surface area contributed by atoms with Gasteiger partial charge in [0, 0.05) is 18.7 Å². The van der Waals surface area contributed by atoms with Crippen LogP contribution in [0.25, 0.3) is 22.2 Å². The third-order valence-corrected chi connectivity index (χ3v) is 7.33. The molecular formula is C29H30N4O3. The summed E-state index contributed by atoms with van der Waals surface area (Å²) >= 11 is 0. The maximum absolute atomic E-state index is 13.8. The summed E-state index contributed by atoms with van der Waals surface area (Å²) in [6.45, 7) is 6.30. The lowest BCUT2D eigenvalue weighted by atomic mass is 9.95. The zero-order chi connectivity index (χ0) is 24.8. The number of methoxy groups -OCH3 is 1. The number of ether oxygens (including phenoxy) is 2. The lowest BCUT2D eigenvalue weighted by Gasteiger charge is -2.32. The van der Waals surface area contributed by atoms with Crippen molar-refractivity contribution in [3.05, 3.63) is 83.5 Å². The summed E-state index contributed by atoms with van der Waals surface area (Å²) in [5.41, 5.74) is 5.90. The van der Waals surface area contributed by atoms with Gasteiger partial charge in [0.2, 0.25) is 0 Å². The van der Waals surface area contributed by atoms with Crippen LogP contribution in [0.15, 0.2) is 72.2 Å². The predicted molar refractivity (Wildman–Crippen MR) is 139 cm³/mol. The fourth-order valence-corrected chi connectivity index (χ4v) is 5.57. The van der Waals surface area contributed by atoms with Crippen LogP contribution in [0.2, 0.25) is 0 Å². The number of benzene rings is 2. The highest BCUT2D eigenvalue weighted by Gasteiger charge is 2.40. The molecule has 1 N–H and O–H groups in total. The van der Waals surface area contributed by atoms with Crippen LogP contribution in [0.5, 0.6) is 5.75 Å². The van der Waals surface area contributed by atoms with Gasteiger partial charge in [0.15, 0.2) is 0 Å². The van der Waals surface area contributed by atoms with Crippen LogP contribution < -0.4 is 4.74 Å². The van der Waals surface area contributed by atoms with Crippen molar-refractivity contribution in [3.63, 3.8) is 0 Å². The molecule has 2 aromatic carbocycles. The average Bonchev–Trinajstić information content (AvgIpc) is 3.38. The molecule has 0 spiro atoms. The van der Waals surface area contributed by atoms with Gasteiger partial charge in [-0.3, -0.25) is 4.79 Å². The molecule has 1 aliphatic carbocycles. The fourth-order valence-electron chi connectivity index (χ4n) is 5.57. The molecule has 7 nitrogen and oxygen atoms in total. The minimum Gasteiger partial charge on any atom is -0.500 e. The van der Waals surface area contributed by atoms with Crippen molar-refractivity contribution in [1.82, 2.24) is 19.8 Å². The largest absolute Gasteiger partial charge is 0.500 e. The van der Waals surface area contributed by atoms with Crippen LogP contribution in [0, 0.1) is 12.8 Å². The van der Waals surface area contributed by atoms with Crippen molar-refractivity contribution >= 4 is 16.9 Å². The number of likely N-dealkylation sites (N-methyl/N-ethyl adjacent to an activating group) is 1. The Kier molecular flexibility index (Phi) is 5.55. The smallest absolute Gasteiger partial charge is 0.270 e. The highest BCUT2D eigenvalue weighted by molar-refractivity contribution is 5.94. The lowest BCUT2D eigenvalue weighted by molar-refractivity contribution is -0.129. The number of rotatable bonds is 4. The number of hydrogen-bond donors (Lipinski definition) is 1. The van der Waals surface area contributed by atoms with Gasteiger partial charge in [0.1, 0.15) is 23.9 Å². The van der Waals surface area contributed by atoms with Crippen molar-refractivity contribution in [1.29, 1.82) is 0 Å². The van der Waals surface area contributed by atoms with Crippen LogP contribution in [0.1, 0.15) is 18.3 Å². The van der Waals surface area contributed by atoms with Gasteiger partial charge in [0.05, 0.1) is 42.3 Å². The van der Waals surface area contributed by atoms with Crippen LogP contribution >= 0.6 is 0 Å². The van der Waals surface area contributed by atoms with Crippen molar-refractivity contribution in [3.8, 4) is 16.9 Å². The highest BCUT2D eigenvalue weighted by Crippen LogP contribution is 2.37. The Morgan fingerprint density at radius 2 is 2.06 bits per heavy atom. The molecule has 1 aromatic heterocycles. The van der Waals surface area contributed by atoms with Gasteiger partial charge in [-0.25, -0.2) is 4.98 Å². The molecule has 2 unspecified atom stereocenters. The first kappa shape index (κ1) is 22.5. The van der Waals surface area contributed by atoms with Gasteiger partial charge in [-0.05, 0) is 61.4 Å². The zero-order valence-electron chi connectivity index (χ0n) is 20.8. The number of imidazole rings is 1. The fraction of sp³-hybridized carbons (Fsp3) is 0.310. The molecule has 0 radical (unpaired) electrons. The second-order valence-electron chi connectivity index (χ2n) is 9.46. The molecule has 6 rings (SSSR count). The number of fused-ring (bicyclic) bond motifs is 3. The van der Waals surface area contributed by atoms with E-state index in [0.29, 0.717) is 19.7 Å². The molecule has 2 aliphatic heterocycles. The van der Waals surface area contributed by atoms with Crippen molar-refractivity contribution in [2.75, 3.05) is 26.8 Å². The van der Waals surface area contributed by atoms with Crippen molar-refractivity contribution in [2.45, 2.75) is 26.4 Å². The number of amides is 1. The molecule has 184 valence electrons. The quantitative estimate of drug-likeness (QED) is 0.590. The first-order valence-electron chi connectivity index (χ1n) is 12.5. The number of hydrogen-bond acceptors (Lipinski definition) is 5. The second kappa shape index (κ2) is 8.90. The summed E-state index contributed by atoms with van der Waals surface area (Å²) in [7, 11) is 1.69. The number of aromatic amines is 1. The van der Waals surface area contributed by atoms with Crippen molar-refractivity contribution in [2.24, 2.45) is 5.92 Å². The van der Waals surface area contributed by atoms with Gasteiger partial charge >= 0.3 is 0 Å². The molecule has 0 bridgehead atoms. The predicted octanol–water partition coefficient (Wildman–Crippen LogP) is 4.56. The molecule has 0 saturated heterocycles. The highest BCUT2D eigenvalue weighted by atomic mass is 16.5. The molecule has 0 fully saturated rings. The summed E-state index contributed by atoms with van der Waals surface area (Å²) in [4.78, 5) is 25.7. The SMILES string of the molecule is CCN1C(C(=O)N2CCOc3ccc(-c4ccc5nc(C)[nH]c5c4)cc3C2)=CC2C(OC)=CC=CC21. The van der Waals surface area contributed by atoms with E-state index in [1.807, 2.05) is 36.1 Å². The van der Waals surface area contributed by atoms with Gasteiger partial charge < -0.3 is 24.3 Å². The van der Waals surface area contributed by atoms with Gasteiger partial charge in [0.25, 0.3) is 5.91 Å². The number of nitrogens with zero attached hydrogens (tertiary/aromatic N) is 3. The average molecular weight is 483 g/mol. The number of aromatic nitrogens is 2. The van der Waals surface area contributed by atoms with Gasteiger partial charge in [-0.1, -0.05) is 24.3 Å².